The van der Waals surface area contributed by atoms with Crippen LogP contribution in [0.3, 0.4) is 0 Å². The molecule has 0 aliphatic carbocycles. The van der Waals surface area contributed by atoms with Crippen LogP contribution < -0.4 is 0 Å². The fourth-order valence-corrected chi connectivity index (χ4v) is 10.2. The Morgan fingerprint density at radius 3 is 1.35 bits per heavy atom. The minimum absolute atomic E-state index is 1.26. The maximum absolute atomic E-state index is 2.45. The van der Waals surface area contributed by atoms with Crippen molar-refractivity contribution in [2.75, 3.05) is 0 Å². The molecule has 11 aromatic rings. The lowest BCUT2D eigenvalue weighted by Crippen LogP contribution is -1.91. The van der Waals surface area contributed by atoms with Gasteiger partial charge >= 0.3 is 0 Å². The third-order valence-electron chi connectivity index (χ3n) is 10.2. The summed E-state index contributed by atoms with van der Waals surface area (Å²) in [6, 6.07) is 59.0. The van der Waals surface area contributed by atoms with E-state index in [0.29, 0.717) is 0 Å². The van der Waals surface area contributed by atoms with Gasteiger partial charge in [-0.3, -0.25) is 0 Å². The van der Waals surface area contributed by atoms with Crippen molar-refractivity contribution >= 4 is 106 Å². The third kappa shape index (κ3) is 3.82. The van der Waals surface area contributed by atoms with Crippen LogP contribution in [0.5, 0.6) is 0 Å². The molecule has 0 aliphatic rings. The Labute approximate surface area is 284 Å². The van der Waals surface area contributed by atoms with Crippen LogP contribution in [-0.4, -0.2) is 0 Å². The number of thiophene rings is 2. The van der Waals surface area contributed by atoms with Crippen LogP contribution >= 0.6 is 22.7 Å². The van der Waals surface area contributed by atoms with Gasteiger partial charge in [0, 0.05) is 40.3 Å². The first kappa shape index (κ1) is 26.5. The highest BCUT2D eigenvalue weighted by molar-refractivity contribution is 7.26. The largest absolute Gasteiger partial charge is 0.135 e. The average Bonchev–Trinajstić information content (AvgIpc) is 3.68. The summed E-state index contributed by atoms with van der Waals surface area (Å²) >= 11 is 3.79. The van der Waals surface area contributed by atoms with Crippen molar-refractivity contribution in [3.63, 3.8) is 0 Å². The van der Waals surface area contributed by atoms with Gasteiger partial charge in [0.1, 0.15) is 0 Å². The standard InChI is InChI=1S/C46H26S2/c1-2-10-28-21-29(18-17-27(28)9-1)45-34-12-3-5-14-36(34)46(37-15-6-4-13-35(37)45)30-19-20-42-39(22-30)40-24-32-25-43-38(23-31(32)26-44(40)48-42)33-11-7-8-16-41(33)47-43/h1-26H. The zero-order valence-corrected chi connectivity index (χ0v) is 27.5. The van der Waals surface area contributed by atoms with Crippen molar-refractivity contribution in [3.8, 4) is 22.3 Å². The van der Waals surface area contributed by atoms with Crippen molar-refractivity contribution in [2.45, 2.75) is 0 Å². The number of hydrogen-bond donors (Lipinski definition) is 0. The molecular weight excluding hydrogens is 617 g/mol. The van der Waals surface area contributed by atoms with Crippen molar-refractivity contribution in [1.82, 2.24) is 0 Å². The van der Waals surface area contributed by atoms with E-state index in [1.54, 1.807) is 0 Å². The predicted molar refractivity (Wildman–Crippen MR) is 213 cm³/mol. The average molecular weight is 643 g/mol. The Morgan fingerprint density at radius 2 is 0.708 bits per heavy atom. The number of fused-ring (bicyclic) bond motifs is 10. The van der Waals surface area contributed by atoms with E-state index in [1.807, 2.05) is 22.7 Å². The minimum atomic E-state index is 1.26. The molecule has 0 saturated heterocycles. The van der Waals surface area contributed by atoms with E-state index < -0.39 is 0 Å². The van der Waals surface area contributed by atoms with Gasteiger partial charge in [0.05, 0.1) is 0 Å². The predicted octanol–water partition coefficient (Wildman–Crippen LogP) is 14.4. The molecule has 0 bridgehead atoms. The van der Waals surface area contributed by atoms with Gasteiger partial charge < -0.3 is 0 Å². The molecular formula is C46H26S2. The molecule has 0 saturated carbocycles. The molecule has 0 unspecified atom stereocenters. The number of rotatable bonds is 2. The van der Waals surface area contributed by atoms with Gasteiger partial charge in [0.15, 0.2) is 0 Å². The van der Waals surface area contributed by atoms with Crippen LogP contribution in [0.1, 0.15) is 0 Å². The quantitative estimate of drug-likeness (QED) is 0.165. The summed E-state index contributed by atoms with van der Waals surface area (Å²) in [5.74, 6) is 0. The first-order chi connectivity index (χ1) is 23.8. The van der Waals surface area contributed by atoms with E-state index in [4.69, 9.17) is 0 Å². The lowest BCUT2D eigenvalue weighted by Gasteiger charge is -2.18. The van der Waals surface area contributed by atoms with Gasteiger partial charge in [-0.15, -0.1) is 22.7 Å². The minimum Gasteiger partial charge on any atom is -0.135 e. The molecule has 222 valence electrons. The molecule has 0 fully saturated rings. The van der Waals surface area contributed by atoms with E-state index in [0.717, 1.165) is 0 Å². The second-order valence-electron chi connectivity index (χ2n) is 12.9. The number of hydrogen-bond acceptors (Lipinski definition) is 2. The molecule has 2 aromatic heterocycles. The topological polar surface area (TPSA) is 0 Å². The summed E-state index contributed by atoms with van der Waals surface area (Å²) in [4.78, 5) is 0. The molecule has 9 aromatic carbocycles. The van der Waals surface area contributed by atoms with E-state index in [2.05, 4.69) is 158 Å². The molecule has 0 spiro atoms. The summed E-state index contributed by atoms with van der Waals surface area (Å²) < 4.78 is 5.38. The molecule has 0 radical (unpaired) electrons. The summed E-state index contributed by atoms with van der Waals surface area (Å²) in [5.41, 5.74) is 5.13. The third-order valence-corrected chi connectivity index (χ3v) is 12.4. The molecule has 11 rings (SSSR count). The highest BCUT2D eigenvalue weighted by Gasteiger charge is 2.18. The van der Waals surface area contributed by atoms with Crippen molar-refractivity contribution in [1.29, 1.82) is 0 Å². The van der Waals surface area contributed by atoms with Crippen molar-refractivity contribution in [2.24, 2.45) is 0 Å². The Balaban J connectivity index is 1.16. The maximum atomic E-state index is 2.45. The second-order valence-corrected chi connectivity index (χ2v) is 15.0. The molecule has 2 heteroatoms. The molecule has 0 N–H and O–H groups in total. The lowest BCUT2D eigenvalue weighted by molar-refractivity contribution is 1.69. The van der Waals surface area contributed by atoms with Gasteiger partial charge in [0.25, 0.3) is 0 Å². The van der Waals surface area contributed by atoms with E-state index >= 15 is 0 Å². The van der Waals surface area contributed by atoms with Gasteiger partial charge in [-0.2, -0.15) is 0 Å². The van der Waals surface area contributed by atoms with Crippen molar-refractivity contribution in [3.05, 3.63) is 158 Å². The SMILES string of the molecule is c1ccc2cc(-c3c4ccccc4c(-c4ccc5sc6cc7cc8c(cc7cc6c5c4)sc4ccccc48)c4ccccc34)ccc2c1. The molecule has 2 heterocycles. The molecule has 48 heavy (non-hydrogen) atoms. The first-order valence-electron chi connectivity index (χ1n) is 16.4. The fraction of sp³-hybridized carbons (Fsp3) is 0. The first-order valence-corrected chi connectivity index (χ1v) is 18.0. The van der Waals surface area contributed by atoms with Gasteiger partial charge in [-0.05, 0) is 114 Å². The Bertz CT molecular complexity index is 3060. The van der Waals surface area contributed by atoms with Crippen LogP contribution in [-0.2, 0) is 0 Å². The van der Waals surface area contributed by atoms with E-state index in [1.165, 1.54) is 106 Å². The van der Waals surface area contributed by atoms with Crippen LogP contribution in [0.15, 0.2) is 158 Å². The summed E-state index contributed by atoms with van der Waals surface area (Å²) in [5, 5.41) is 15.7. The Hall–Kier alpha value is -5.54. The highest BCUT2D eigenvalue weighted by Crippen LogP contribution is 2.46. The van der Waals surface area contributed by atoms with Gasteiger partial charge in [0.2, 0.25) is 0 Å². The second kappa shape index (κ2) is 9.98. The van der Waals surface area contributed by atoms with E-state index in [9.17, 15) is 0 Å². The van der Waals surface area contributed by atoms with Crippen LogP contribution in [0.25, 0.3) is 106 Å². The Morgan fingerprint density at radius 1 is 0.250 bits per heavy atom. The summed E-state index contributed by atoms with van der Waals surface area (Å²) in [6.45, 7) is 0. The fourth-order valence-electron chi connectivity index (χ4n) is 7.99. The molecule has 0 amide bonds. The van der Waals surface area contributed by atoms with Gasteiger partial charge in [-0.25, -0.2) is 0 Å². The zero-order valence-electron chi connectivity index (χ0n) is 25.8. The molecule has 0 atom stereocenters. The van der Waals surface area contributed by atoms with Gasteiger partial charge in [-0.1, -0.05) is 109 Å². The summed E-state index contributed by atoms with van der Waals surface area (Å²) in [7, 11) is 0. The summed E-state index contributed by atoms with van der Waals surface area (Å²) in [6.07, 6.45) is 0. The normalized spacial score (nSPS) is 12.2. The maximum Gasteiger partial charge on any atom is 0.0361 e. The van der Waals surface area contributed by atoms with Crippen molar-refractivity contribution < 1.29 is 0 Å². The molecule has 0 aliphatic heterocycles. The lowest BCUT2D eigenvalue weighted by atomic mass is 9.85. The smallest absolute Gasteiger partial charge is 0.0361 e. The number of benzene rings is 9. The Kier molecular flexibility index (Phi) is 5.51. The van der Waals surface area contributed by atoms with E-state index in [-0.39, 0.29) is 0 Å². The monoisotopic (exact) mass is 642 g/mol. The van der Waals surface area contributed by atoms with Crippen LogP contribution in [0, 0.1) is 0 Å². The van der Waals surface area contributed by atoms with Crippen LogP contribution in [0.2, 0.25) is 0 Å². The zero-order chi connectivity index (χ0) is 31.3. The van der Waals surface area contributed by atoms with Crippen LogP contribution in [0.4, 0.5) is 0 Å². The highest BCUT2D eigenvalue weighted by atomic mass is 32.1. The molecule has 0 nitrogen and oxygen atoms in total.